The number of rotatable bonds is 4. The number of carbonyl (C=O) groups is 1. The fraction of sp³-hybridized carbons (Fsp3) is 0.308. The van der Waals surface area contributed by atoms with Gasteiger partial charge in [-0.1, -0.05) is 6.92 Å². The largest absolute Gasteiger partial charge is 0.394 e. The van der Waals surface area contributed by atoms with E-state index in [4.69, 9.17) is 5.11 Å². The van der Waals surface area contributed by atoms with E-state index in [2.05, 4.69) is 5.32 Å². The van der Waals surface area contributed by atoms with Crippen molar-refractivity contribution in [3.05, 3.63) is 35.0 Å². The van der Waals surface area contributed by atoms with Crippen LogP contribution in [0.15, 0.2) is 24.3 Å². The Hall–Kier alpha value is -1.46. The molecule has 0 unspecified atom stereocenters. The molecular formula is C13H14FNO2S. The van der Waals surface area contributed by atoms with Crippen molar-refractivity contribution in [2.24, 2.45) is 0 Å². The van der Waals surface area contributed by atoms with Crippen LogP contribution in [0.2, 0.25) is 0 Å². The molecule has 0 aliphatic carbocycles. The van der Waals surface area contributed by atoms with E-state index in [0.29, 0.717) is 11.3 Å². The summed E-state index contributed by atoms with van der Waals surface area (Å²) in [6, 6.07) is 5.88. The van der Waals surface area contributed by atoms with Crippen LogP contribution in [0.3, 0.4) is 0 Å². The average molecular weight is 267 g/mol. The third kappa shape index (κ3) is 2.68. The van der Waals surface area contributed by atoms with Crippen molar-refractivity contribution in [2.45, 2.75) is 19.4 Å². The Bertz CT molecular complexity index is 563. The Morgan fingerprint density at radius 2 is 2.28 bits per heavy atom. The summed E-state index contributed by atoms with van der Waals surface area (Å²) < 4.78 is 13.9. The molecule has 0 aliphatic heterocycles. The number of amides is 1. The van der Waals surface area contributed by atoms with Crippen LogP contribution >= 0.6 is 11.3 Å². The van der Waals surface area contributed by atoms with Crippen LogP contribution in [0.25, 0.3) is 10.1 Å². The molecule has 0 fully saturated rings. The summed E-state index contributed by atoms with van der Waals surface area (Å²) in [6.07, 6.45) is 0.668. The van der Waals surface area contributed by atoms with E-state index in [9.17, 15) is 9.18 Å². The van der Waals surface area contributed by atoms with Gasteiger partial charge in [-0.15, -0.1) is 11.3 Å². The van der Waals surface area contributed by atoms with Gasteiger partial charge in [-0.05, 0) is 36.1 Å². The molecule has 1 aromatic heterocycles. The van der Waals surface area contributed by atoms with Crippen molar-refractivity contribution >= 4 is 27.3 Å². The van der Waals surface area contributed by atoms with E-state index < -0.39 is 0 Å². The van der Waals surface area contributed by atoms with E-state index in [1.807, 2.05) is 6.92 Å². The van der Waals surface area contributed by atoms with Crippen molar-refractivity contribution in [1.82, 2.24) is 5.32 Å². The molecular weight excluding hydrogens is 253 g/mol. The van der Waals surface area contributed by atoms with Crippen LogP contribution in [0.5, 0.6) is 0 Å². The molecule has 2 N–H and O–H groups in total. The highest BCUT2D eigenvalue weighted by Gasteiger charge is 2.14. The third-order valence-electron chi connectivity index (χ3n) is 2.75. The SMILES string of the molecule is CC[C@H](CO)NC(=O)c1cc2cc(F)ccc2s1. The highest BCUT2D eigenvalue weighted by atomic mass is 32.1. The Balaban J connectivity index is 2.23. The van der Waals surface area contributed by atoms with E-state index >= 15 is 0 Å². The first kappa shape index (κ1) is 13.0. The number of aliphatic hydroxyl groups excluding tert-OH is 1. The number of carbonyl (C=O) groups excluding carboxylic acids is 1. The highest BCUT2D eigenvalue weighted by Crippen LogP contribution is 2.26. The molecule has 5 heteroatoms. The number of hydrogen-bond acceptors (Lipinski definition) is 3. The maximum Gasteiger partial charge on any atom is 0.261 e. The van der Waals surface area contributed by atoms with Gasteiger partial charge >= 0.3 is 0 Å². The minimum atomic E-state index is -0.311. The van der Waals surface area contributed by atoms with E-state index in [1.165, 1.54) is 23.5 Å². The second kappa shape index (κ2) is 5.46. The van der Waals surface area contributed by atoms with Gasteiger partial charge in [0.05, 0.1) is 17.5 Å². The minimum Gasteiger partial charge on any atom is -0.394 e. The van der Waals surface area contributed by atoms with Crippen LogP contribution in [0, 0.1) is 5.82 Å². The molecule has 2 aromatic rings. The van der Waals surface area contributed by atoms with Crippen LogP contribution in [0.4, 0.5) is 4.39 Å². The first-order valence-electron chi connectivity index (χ1n) is 5.75. The molecule has 0 radical (unpaired) electrons. The molecule has 2 rings (SSSR count). The van der Waals surface area contributed by atoms with Gasteiger partial charge in [0.1, 0.15) is 5.82 Å². The first-order valence-corrected chi connectivity index (χ1v) is 6.56. The van der Waals surface area contributed by atoms with Gasteiger partial charge in [0.25, 0.3) is 5.91 Å². The lowest BCUT2D eigenvalue weighted by Gasteiger charge is -2.12. The summed E-state index contributed by atoms with van der Waals surface area (Å²) in [6.45, 7) is 1.81. The molecule has 0 saturated heterocycles. The molecule has 1 atom stereocenters. The molecule has 3 nitrogen and oxygen atoms in total. The molecule has 0 saturated carbocycles. The Morgan fingerprint density at radius 1 is 1.50 bits per heavy atom. The second-order valence-corrected chi connectivity index (χ2v) is 5.14. The Labute approximate surface area is 108 Å². The molecule has 1 aromatic carbocycles. The number of aliphatic hydroxyl groups is 1. The van der Waals surface area contributed by atoms with Crippen LogP contribution in [-0.2, 0) is 0 Å². The zero-order valence-corrected chi connectivity index (χ0v) is 10.8. The summed E-state index contributed by atoms with van der Waals surface area (Å²) in [5, 5.41) is 12.5. The molecule has 1 amide bonds. The molecule has 1 heterocycles. The zero-order valence-electron chi connectivity index (χ0n) is 9.94. The predicted octanol–water partition coefficient (Wildman–Crippen LogP) is 2.54. The standard InChI is InChI=1S/C13H14FNO2S/c1-2-10(7-16)15-13(17)12-6-8-5-9(14)3-4-11(8)18-12/h3-6,10,16H,2,7H2,1H3,(H,15,17)/t10-/m1/s1. The van der Waals surface area contributed by atoms with Crippen molar-refractivity contribution in [1.29, 1.82) is 0 Å². The predicted molar refractivity (Wildman–Crippen MR) is 70.4 cm³/mol. The van der Waals surface area contributed by atoms with Gasteiger partial charge in [-0.2, -0.15) is 0 Å². The lowest BCUT2D eigenvalue weighted by molar-refractivity contribution is 0.0919. The van der Waals surface area contributed by atoms with Gasteiger partial charge in [0.2, 0.25) is 0 Å². The summed E-state index contributed by atoms with van der Waals surface area (Å²) >= 11 is 1.32. The number of benzene rings is 1. The van der Waals surface area contributed by atoms with Crippen LogP contribution in [0.1, 0.15) is 23.0 Å². The number of nitrogens with one attached hydrogen (secondary N) is 1. The summed E-state index contributed by atoms with van der Waals surface area (Å²) in [5.41, 5.74) is 0. The molecule has 18 heavy (non-hydrogen) atoms. The minimum absolute atomic E-state index is 0.0816. The maximum atomic E-state index is 13.0. The summed E-state index contributed by atoms with van der Waals surface area (Å²) in [7, 11) is 0. The number of hydrogen-bond donors (Lipinski definition) is 2. The van der Waals surface area contributed by atoms with Crippen LogP contribution < -0.4 is 5.32 Å². The van der Waals surface area contributed by atoms with Crippen molar-refractivity contribution in [2.75, 3.05) is 6.61 Å². The van der Waals surface area contributed by atoms with Gasteiger partial charge < -0.3 is 10.4 Å². The fourth-order valence-electron chi connectivity index (χ4n) is 1.66. The van der Waals surface area contributed by atoms with Crippen molar-refractivity contribution < 1.29 is 14.3 Å². The fourth-order valence-corrected chi connectivity index (χ4v) is 2.61. The molecule has 96 valence electrons. The van der Waals surface area contributed by atoms with Crippen LogP contribution in [-0.4, -0.2) is 23.7 Å². The lowest BCUT2D eigenvalue weighted by atomic mass is 10.2. The van der Waals surface area contributed by atoms with E-state index in [0.717, 1.165) is 10.1 Å². The maximum absolute atomic E-state index is 13.0. The Morgan fingerprint density at radius 3 is 2.94 bits per heavy atom. The van der Waals surface area contributed by atoms with Gasteiger partial charge in [0.15, 0.2) is 0 Å². The smallest absolute Gasteiger partial charge is 0.261 e. The first-order chi connectivity index (χ1) is 8.63. The monoisotopic (exact) mass is 267 g/mol. The molecule has 0 spiro atoms. The van der Waals surface area contributed by atoms with Gasteiger partial charge in [-0.25, -0.2) is 4.39 Å². The van der Waals surface area contributed by atoms with Gasteiger partial charge in [0, 0.05) is 4.70 Å². The van der Waals surface area contributed by atoms with Crippen molar-refractivity contribution in [3.8, 4) is 0 Å². The average Bonchev–Trinajstić information content (AvgIpc) is 2.78. The quantitative estimate of drug-likeness (QED) is 0.894. The second-order valence-electron chi connectivity index (χ2n) is 4.05. The van der Waals surface area contributed by atoms with E-state index in [-0.39, 0.29) is 24.4 Å². The number of thiophene rings is 1. The topological polar surface area (TPSA) is 49.3 Å². The van der Waals surface area contributed by atoms with Crippen molar-refractivity contribution in [3.63, 3.8) is 0 Å². The van der Waals surface area contributed by atoms with E-state index in [1.54, 1.807) is 12.1 Å². The summed E-state index contributed by atoms with van der Waals surface area (Å²) in [5.74, 6) is -0.536. The highest BCUT2D eigenvalue weighted by molar-refractivity contribution is 7.20. The molecule has 0 bridgehead atoms. The Kier molecular flexibility index (Phi) is 3.93. The third-order valence-corrected chi connectivity index (χ3v) is 3.87. The number of fused-ring (bicyclic) bond motifs is 1. The zero-order chi connectivity index (χ0) is 13.1. The molecule has 0 aliphatic rings. The van der Waals surface area contributed by atoms with Gasteiger partial charge in [-0.3, -0.25) is 4.79 Å². The lowest BCUT2D eigenvalue weighted by Crippen LogP contribution is -2.36. The summed E-state index contributed by atoms with van der Waals surface area (Å²) in [4.78, 5) is 12.5. The number of halogens is 1. The normalized spacial score (nSPS) is 12.6.